The first kappa shape index (κ1) is 17.9. The second-order valence-corrected chi connectivity index (χ2v) is 8.96. The Hall–Kier alpha value is -0.870. The highest BCUT2D eigenvalue weighted by molar-refractivity contribution is 7.84. The van der Waals surface area contributed by atoms with Crippen molar-refractivity contribution < 1.29 is 8.95 Å². The SMILES string of the molecule is CC[C@@H]1CCCC[C@H]1Nc1cccc(C[S@@](=O)C2CCOCC2)c1. The van der Waals surface area contributed by atoms with Gasteiger partial charge in [0, 0.05) is 46.7 Å². The first-order valence-electron chi connectivity index (χ1n) is 9.56. The average Bonchev–Trinajstić information content (AvgIpc) is 2.63. The molecule has 24 heavy (non-hydrogen) atoms. The van der Waals surface area contributed by atoms with Gasteiger partial charge in [0.2, 0.25) is 0 Å². The van der Waals surface area contributed by atoms with Gasteiger partial charge in [-0.1, -0.05) is 38.3 Å². The van der Waals surface area contributed by atoms with Gasteiger partial charge >= 0.3 is 0 Å². The van der Waals surface area contributed by atoms with Crippen LogP contribution < -0.4 is 5.32 Å². The average molecular weight is 350 g/mol. The van der Waals surface area contributed by atoms with E-state index in [1.165, 1.54) is 43.4 Å². The molecule has 1 aliphatic carbocycles. The van der Waals surface area contributed by atoms with Gasteiger partial charge in [-0.05, 0) is 49.3 Å². The number of hydrogen-bond acceptors (Lipinski definition) is 3. The largest absolute Gasteiger partial charge is 0.382 e. The van der Waals surface area contributed by atoms with E-state index >= 15 is 0 Å². The fourth-order valence-electron chi connectivity index (χ4n) is 4.07. The van der Waals surface area contributed by atoms with Crippen molar-refractivity contribution in [2.24, 2.45) is 5.92 Å². The number of anilines is 1. The molecule has 1 aromatic rings. The molecule has 2 aliphatic rings. The summed E-state index contributed by atoms with van der Waals surface area (Å²) in [5, 5.41) is 4.06. The van der Waals surface area contributed by atoms with Crippen LogP contribution in [0, 0.1) is 5.92 Å². The van der Waals surface area contributed by atoms with Crippen molar-refractivity contribution in [3.63, 3.8) is 0 Å². The van der Waals surface area contributed by atoms with E-state index in [1.807, 2.05) is 0 Å². The number of ether oxygens (including phenoxy) is 1. The predicted molar refractivity (Wildman–Crippen MR) is 102 cm³/mol. The van der Waals surface area contributed by atoms with E-state index in [-0.39, 0.29) is 0 Å². The molecule has 3 rings (SSSR count). The van der Waals surface area contributed by atoms with Gasteiger partial charge < -0.3 is 10.1 Å². The van der Waals surface area contributed by atoms with Crippen molar-refractivity contribution in [3.05, 3.63) is 29.8 Å². The van der Waals surface area contributed by atoms with Crippen molar-refractivity contribution in [2.75, 3.05) is 18.5 Å². The maximum atomic E-state index is 12.6. The molecule has 0 unspecified atom stereocenters. The lowest BCUT2D eigenvalue weighted by Gasteiger charge is -2.32. The summed E-state index contributed by atoms with van der Waals surface area (Å²) in [4.78, 5) is 0. The summed E-state index contributed by atoms with van der Waals surface area (Å²) in [7, 11) is -0.789. The Morgan fingerprint density at radius 3 is 2.75 bits per heavy atom. The van der Waals surface area contributed by atoms with E-state index < -0.39 is 10.8 Å². The van der Waals surface area contributed by atoms with Crippen LogP contribution >= 0.6 is 0 Å². The molecule has 0 amide bonds. The summed E-state index contributed by atoms with van der Waals surface area (Å²) in [5.41, 5.74) is 2.38. The van der Waals surface area contributed by atoms with Crippen molar-refractivity contribution >= 4 is 16.5 Å². The minimum atomic E-state index is -0.789. The van der Waals surface area contributed by atoms with Gasteiger partial charge in [-0.15, -0.1) is 0 Å². The maximum absolute atomic E-state index is 12.6. The summed E-state index contributed by atoms with van der Waals surface area (Å²) in [6.45, 7) is 3.83. The van der Waals surface area contributed by atoms with E-state index in [4.69, 9.17) is 4.74 Å². The predicted octanol–water partition coefficient (Wildman–Crippen LogP) is 4.50. The highest BCUT2D eigenvalue weighted by Crippen LogP contribution is 2.29. The normalized spacial score (nSPS) is 26.9. The summed E-state index contributed by atoms with van der Waals surface area (Å²) in [6.07, 6.45) is 8.46. The molecule has 1 saturated heterocycles. The molecule has 134 valence electrons. The Balaban J connectivity index is 1.60. The smallest absolute Gasteiger partial charge is 0.0489 e. The van der Waals surface area contributed by atoms with Crippen LogP contribution in [0.2, 0.25) is 0 Å². The number of hydrogen-bond donors (Lipinski definition) is 1. The fraction of sp³-hybridized carbons (Fsp3) is 0.700. The van der Waals surface area contributed by atoms with Gasteiger partial charge in [-0.2, -0.15) is 0 Å². The van der Waals surface area contributed by atoms with Gasteiger partial charge in [0.1, 0.15) is 0 Å². The molecule has 4 heteroatoms. The molecule has 1 aromatic carbocycles. The van der Waals surface area contributed by atoms with Crippen LogP contribution in [0.25, 0.3) is 0 Å². The van der Waals surface area contributed by atoms with Gasteiger partial charge in [0.25, 0.3) is 0 Å². The van der Waals surface area contributed by atoms with Crippen molar-refractivity contribution in [1.29, 1.82) is 0 Å². The number of benzene rings is 1. The summed E-state index contributed by atoms with van der Waals surface area (Å²) < 4.78 is 18.0. The summed E-state index contributed by atoms with van der Waals surface area (Å²) in [6, 6.07) is 9.17. The Labute approximate surface area is 149 Å². The van der Waals surface area contributed by atoms with E-state index in [0.717, 1.165) is 32.0 Å². The van der Waals surface area contributed by atoms with Gasteiger partial charge in [0.05, 0.1) is 0 Å². The van der Waals surface area contributed by atoms with Crippen LogP contribution in [0.3, 0.4) is 0 Å². The lowest BCUT2D eigenvalue weighted by atomic mass is 9.83. The minimum absolute atomic E-state index is 0.304. The van der Waals surface area contributed by atoms with E-state index in [1.54, 1.807) is 0 Å². The molecular formula is C20H31NO2S. The van der Waals surface area contributed by atoms with Crippen molar-refractivity contribution in [1.82, 2.24) is 0 Å². The van der Waals surface area contributed by atoms with E-state index in [2.05, 4.69) is 36.5 Å². The number of rotatable bonds is 6. The summed E-state index contributed by atoms with van der Waals surface area (Å²) >= 11 is 0. The molecule has 0 radical (unpaired) electrons. The molecule has 0 aromatic heterocycles. The molecule has 1 heterocycles. The monoisotopic (exact) mass is 349 g/mol. The second kappa shape index (κ2) is 9.00. The Kier molecular flexibility index (Phi) is 6.73. The standard InChI is InChI=1S/C20H31NO2S/c1-2-17-7-3-4-9-20(17)21-18-8-5-6-16(14-18)15-24(22)19-10-12-23-13-11-19/h5-6,8,14,17,19-21H,2-4,7,9-13,15H2,1H3/t17-,20-,24-/m1/s1. The Morgan fingerprint density at radius 1 is 1.17 bits per heavy atom. The maximum Gasteiger partial charge on any atom is 0.0489 e. The zero-order valence-electron chi connectivity index (χ0n) is 14.8. The third-order valence-electron chi connectivity index (χ3n) is 5.56. The minimum Gasteiger partial charge on any atom is -0.382 e. The molecule has 2 fully saturated rings. The lowest BCUT2D eigenvalue weighted by Crippen LogP contribution is -2.31. The van der Waals surface area contributed by atoms with Gasteiger partial charge in [0.15, 0.2) is 0 Å². The van der Waals surface area contributed by atoms with Gasteiger partial charge in [-0.3, -0.25) is 4.21 Å². The zero-order chi connectivity index (χ0) is 16.8. The van der Waals surface area contributed by atoms with E-state index in [0.29, 0.717) is 17.0 Å². The molecule has 0 spiro atoms. The first-order chi connectivity index (χ1) is 11.8. The lowest BCUT2D eigenvalue weighted by molar-refractivity contribution is 0.0992. The van der Waals surface area contributed by atoms with Crippen LogP contribution in [0.15, 0.2) is 24.3 Å². The zero-order valence-corrected chi connectivity index (χ0v) is 15.7. The van der Waals surface area contributed by atoms with Crippen LogP contribution in [-0.2, 0) is 21.3 Å². The topological polar surface area (TPSA) is 38.3 Å². The molecular weight excluding hydrogens is 318 g/mol. The molecule has 1 N–H and O–H groups in total. The van der Waals surface area contributed by atoms with Gasteiger partial charge in [-0.25, -0.2) is 0 Å². The fourth-order valence-corrected chi connectivity index (χ4v) is 5.53. The Bertz CT molecular complexity index is 542. The van der Waals surface area contributed by atoms with Crippen LogP contribution in [0.5, 0.6) is 0 Å². The molecule has 1 aliphatic heterocycles. The van der Waals surface area contributed by atoms with E-state index in [9.17, 15) is 4.21 Å². The quantitative estimate of drug-likeness (QED) is 0.822. The summed E-state index contributed by atoms with van der Waals surface area (Å²) in [5.74, 6) is 1.46. The third kappa shape index (κ3) is 4.82. The Morgan fingerprint density at radius 2 is 1.96 bits per heavy atom. The van der Waals surface area contributed by atoms with Crippen LogP contribution in [0.4, 0.5) is 5.69 Å². The molecule has 1 saturated carbocycles. The molecule has 3 atom stereocenters. The first-order valence-corrected chi connectivity index (χ1v) is 10.9. The third-order valence-corrected chi connectivity index (χ3v) is 7.39. The highest BCUT2D eigenvalue weighted by Gasteiger charge is 2.24. The van der Waals surface area contributed by atoms with Crippen molar-refractivity contribution in [3.8, 4) is 0 Å². The van der Waals surface area contributed by atoms with Crippen molar-refractivity contribution in [2.45, 2.75) is 68.9 Å². The van der Waals surface area contributed by atoms with Crippen LogP contribution in [-0.4, -0.2) is 28.7 Å². The number of nitrogens with one attached hydrogen (secondary N) is 1. The van der Waals surface area contributed by atoms with Crippen LogP contribution in [0.1, 0.15) is 57.4 Å². The molecule has 0 bridgehead atoms. The molecule has 3 nitrogen and oxygen atoms in total. The highest BCUT2D eigenvalue weighted by atomic mass is 32.2. The second-order valence-electron chi connectivity index (χ2n) is 7.24.